The summed E-state index contributed by atoms with van der Waals surface area (Å²) in [5, 5.41) is 6.15. The Kier molecular flexibility index (Phi) is 3.29. The zero-order chi connectivity index (χ0) is 13.3. The van der Waals surface area contributed by atoms with Crippen LogP contribution in [0.15, 0.2) is 42.5 Å². The lowest BCUT2D eigenvalue weighted by molar-refractivity contribution is 0.104. The number of benzene rings is 2. The molecule has 0 atom stereocenters. The topological polar surface area (TPSA) is 15.3 Å². The van der Waals surface area contributed by atoms with E-state index in [0.29, 0.717) is 0 Å². The van der Waals surface area contributed by atoms with Gasteiger partial charge in [-0.05, 0) is 30.2 Å². The first-order chi connectivity index (χ1) is 9.19. The van der Waals surface area contributed by atoms with Crippen molar-refractivity contribution in [3.8, 4) is 0 Å². The molecule has 2 nitrogen and oxygen atoms in total. The lowest BCUT2D eigenvalue weighted by Gasteiger charge is -2.42. The maximum Gasteiger partial charge on any atom is 0.0411 e. The molecule has 1 N–H and O–H groups in total. The van der Waals surface area contributed by atoms with Crippen molar-refractivity contribution in [2.45, 2.75) is 19.4 Å². The van der Waals surface area contributed by atoms with Crippen molar-refractivity contribution in [1.82, 2.24) is 10.2 Å². The van der Waals surface area contributed by atoms with Crippen LogP contribution < -0.4 is 5.32 Å². The number of hydrogen-bond donors (Lipinski definition) is 1. The van der Waals surface area contributed by atoms with Gasteiger partial charge in [-0.3, -0.25) is 4.90 Å². The summed E-state index contributed by atoms with van der Waals surface area (Å²) in [6.07, 6.45) is 0. The largest absolute Gasteiger partial charge is 0.314 e. The summed E-state index contributed by atoms with van der Waals surface area (Å²) in [4.78, 5) is 2.59. The predicted molar refractivity (Wildman–Crippen MR) is 81.4 cm³/mol. The molecule has 0 unspecified atom stereocenters. The molecule has 2 heteroatoms. The van der Waals surface area contributed by atoms with E-state index >= 15 is 0 Å². The number of piperazine rings is 1. The molecular formula is C17H22N2. The van der Waals surface area contributed by atoms with Crippen molar-refractivity contribution >= 4 is 10.8 Å². The van der Waals surface area contributed by atoms with E-state index in [2.05, 4.69) is 66.5 Å². The molecule has 100 valence electrons. The van der Waals surface area contributed by atoms with E-state index in [4.69, 9.17) is 0 Å². The molecule has 1 heterocycles. The molecule has 2 aromatic rings. The Morgan fingerprint density at radius 3 is 2.42 bits per heavy atom. The maximum absolute atomic E-state index is 3.43. The third kappa shape index (κ3) is 2.26. The highest BCUT2D eigenvalue weighted by Gasteiger charge is 2.30. The van der Waals surface area contributed by atoms with Crippen LogP contribution in [0, 0.1) is 0 Å². The molecule has 1 aliphatic rings. The minimum Gasteiger partial charge on any atom is -0.314 e. The van der Waals surface area contributed by atoms with Crippen molar-refractivity contribution in [1.29, 1.82) is 0 Å². The van der Waals surface area contributed by atoms with Crippen LogP contribution in [0.3, 0.4) is 0 Å². The molecular weight excluding hydrogens is 232 g/mol. The zero-order valence-corrected chi connectivity index (χ0v) is 11.8. The van der Waals surface area contributed by atoms with Crippen molar-refractivity contribution in [3.05, 3.63) is 48.0 Å². The molecule has 0 saturated carbocycles. The predicted octanol–water partition coefficient (Wildman–Crippen LogP) is 2.98. The second-order valence-corrected chi connectivity index (χ2v) is 5.82. The molecule has 3 rings (SSSR count). The van der Waals surface area contributed by atoms with Gasteiger partial charge >= 0.3 is 0 Å². The number of nitrogens with one attached hydrogen (secondary N) is 1. The second kappa shape index (κ2) is 4.95. The summed E-state index contributed by atoms with van der Waals surface area (Å²) < 4.78 is 0. The average Bonchev–Trinajstić information content (AvgIpc) is 2.47. The average molecular weight is 254 g/mol. The third-order valence-electron chi connectivity index (χ3n) is 4.36. The monoisotopic (exact) mass is 254 g/mol. The van der Waals surface area contributed by atoms with Gasteiger partial charge in [0, 0.05) is 31.7 Å². The standard InChI is InChI=1S/C17H22N2/c1-17(2,19-12-10-18-11-13-19)16-9-5-7-14-6-3-4-8-15(14)16/h3-9,18H,10-13H2,1-2H3. The van der Waals surface area contributed by atoms with Crippen LogP contribution in [-0.4, -0.2) is 31.1 Å². The van der Waals surface area contributed by atoms with Gasteiger partial charge in [0.1, 0.15) is 0 Å². The lowest BCUT2D eigenvalue weighted by atomic mass is 9.87. The Balaban J connectivity index is 2.07. The maximum atomic E-state index is 3.43. The molecule has 2 aromatic carbocycles. The summed E-state index contributed by atoms with van der Waals surface area (Å²) in [6.45, 7) is 9.12. The van der Waals surface area contributed by atoms with E-state index < -0.39 is 0 Å². The smallest absolute Gasteiger partial charge is 0.0411 e. The first-order valence-electron chi connectivity index (χ1n) is 7.13. The number of fused-ring (bicyclic) bond motifs is 1. The molecule has 1 saturated heterocycles. The molecule has 0 aliphatic carbocycles. The fourth-order valence-electron chi connectivity index (χ4n) is 3.15. The Hall–Kier alpha value is -1.38. The summed E-state index contributed by atoms with van der Waals surface area (Å²) in [5.74, 6) is 0. The van der Waals surface area contributed by atoms with Gasteiger partial charge in [0.05, 0.1) is 0 Å². The van der Waals surface area contributed by atoms with Crippen LogP contribution in [-0.2, 0) is 5.54 Å². The molecule has 1 fully saturated rings. The van der Waals surface area contributed by atoms with E-state index in [9.17, 15) is 0 Å². The van der Waals surface area contributed by atoms with Gasteiger partial charge in [0.15, 0.2) is 0 Å². The second-order valence-electron chi connectivity index (χ2n) is 5.82. The van der Waals surface area contributed by atoms with Crippen molar-refractivity contribution < 1.29 is 0 Å². The number of nitrogens with zero attached hydrogens (tertiary/aromatic N) is 1. The summed E-state index contributed by atoms with van der Waals surface area (Å²) in [6, 6.07) is 15.4. The third-order valence-corrected chi connectivity index (χ3v) is 4.36. The van der Waals surface area contributed by atoms with Crippen molar-refractivity contribution in [2.75, 3.05) is 26.2 Å². The molecule has 0 aromatic heterocycles. The van der Waals surface area contributed by atoms with E-state index in [-0.39, 0.29) is 5.54 Å². The molecule has 0 amide bonds. The van der Waals surface area contributed by atoms with E-state index in [1.165, 1.54) is 16.3 Å². The van der Waals surface area contributed by atoms with Gasteiger partial charge in [0.2, 0.25) is 0 Å². The van der Waals surface area contributed by atoms with Crippen LogP contribution in [0.25, 0.3) is 10.8 Å². The van der Waals surface area contributed by atoms with Gasteiger partial charge in [-0.25, -0.2) is 0 Å². The van der Waals surface area contributed by atoms with Gasteiger partial charge in [-0.1, -0.05) is 42.5 Å². The van der Waals surface area contributed by atoms with E-state index in [0.717, 1.165) is 26.2 Å². The normalized spacial score (nSPS) is 17.8. The quantitative estimate of drug-likeness (QED) is 0.886. The van der Waals surface area contributed by atoms with Gasteiger partial charge in [0.25, 0.3) is 0 Å². The van der Waals surface area contributed by atoms with Crippen LogP contribution in [0.1, 0.15) is 19.4 Å². The van der Waals surface area contributed by atoms with E-state index in [1.54, 1.807) is 0 Å². The Morgan fingerprint density at radius 2 is 1.63 bits per heavy atom. The fraction of sp³-hybridized carbons (Fsp3) is 0.412. The van der Waals surface area contributed by atoms with E-state index in [1.807, 2.05) is 0 Å². The molecule has 0 radical (unpaired) electrons. The highest BCUT2D eigenvalue weighted by Crippen LogP contribution is 2.33. The first-order valence-corrected chi connectivity index (χ1v) is 7.13. The van der Waals surface area contributed by atoms with Crippen LogP contribution in [0.2, 0.25) is 0 Å². The SMILES string of the molecule is CC(C)(c1cccc2ccccc12)N1CCNCC1. The van der Waals surface area contributed by atoms with Gasteiger partial charge < -0.3 is 5.32 Å². The highest BCUT2D eigenvalue weighted by molar-refractivity contribution is 5.86. The summed E-state index contributed by atoms with van der Waals surface area (Å²) in [5.41, 5.74) is 1.52. The molecule has 0 bridgehead atoms. The number of hydrogen-bond acceptors (Lipinski definition) is 2. The van der Waals surface area contributed by atoms with Crippen LogP contribution in [0.5, 0.6) is 0 Å². The van der Waals surface area contributed by atoms with Gasteiger partial charge in [-0.2, -0.15) is 0 Å². The summed E-state index contributed by atoms with van der Waals surface area (Å²) >= 11 is 0. The minimum atomic E-state index is 0.0863. The Labute approximate surface area is 115 Å². The Bertz CT molecular complexity index is 563. The van der Waals surface area contributed by atoms with Crippen LogP contribution >= 0.6 is 0 Å². The van der Waals surface area contributed by atoms with Crippen molar-refractivity contribution in [2.24, 2.45) is 0 Å². The Morgan fingerprint density at radius 1 is 0.947 bits per heavy atom. The zero-order valence-electron chi connectivity index (χ0n) is 11.8. The van der Waals surface area contributed by atoms with Crippen LogP contribution in [0.4, 0.5) is 0 Å². The summed E-state index contributed by atoms with van der Waals surface area (Å²) in [7, 11) is 0. The molecule has 1 aliphatic heterocycles. The lowest BCUT2D eigenvalue weighted by Crippen LogP contribution is -2.51. The van der Waals surface area contributed by atoms with Crippen molar-refractivity contribution in [3.63, 3.8) is 0 Å². The number of rotatable bonds is 2. The highest BCUT2D eigenvalue weighted by atomic mass is 15.2. The minimum absolute atomic E-state index is 0.0863. The molecule has 19 heavy (non-hydrogen) atoms. The first kappa shape index (κ1) is 12.6. The molecule has 0 spiro atoms. The fourth-order valence-corrected chi connectivity index (χ4v) is 3.15. The van der Waals surface area contributed by atoms with Gasteiger partial charge in [-0.15, -0.1) is 0 Å².